The maximum Gasteiger partial charge on any atom is 0.338 e. The highest BCUT2D eigenvalue weighted by molar-refractivity contribution is 7.07. The average molecular weight is 604 g/mol. The summed E-state index contributed by atoms with van der Waals surface area (Å²) in [7, 11) is 0. The van der Waals surface area contributed by atoms with Crippen LogP contribution in [0.1, 0.15) is 59.7 Å². The highest BCUT2D eigenvalue weighted by atomic mass is 35.5. The number of benzene rings is 2. The molecule has 1 aliphatic rings. The van der Waals surface area contributed by atoms with E-state index in [-0.39, 0.29) is 18.1 Å². The first-order chi connectivity index (χ1) is 20.1. The lowest BCUT2D eigenvalue weighted by Crippen LogP contribution is -2.39. The zero-order valence-corrected chi connectivity index (χ0v) is 25.5. The van der Waals surface area contributed by atoms with E-state index in [1.807, 2.05) is 50.3 Å². The first-order valence-electron chi connectivity index (χ1n) is 13.6. The van der Waals surface area contributed by atoms with Crippen molar-refractivity contribution in [3.05, 3.63) is 119 Å². The summed E-state index contributed by atoms with van der Waals surface area (Å²) in [5.74, 6) is -0.871. The minimum absolute atomic E-state index is 0.203. The summed E-state index contributed by atoms with van der Waals surface area (Å²) in [6.07, 6.45) is 1.86. The van der Waals surface area contributed by atoms with E-state index in [4.69, 9.17) is 21.1 Å². The minimum atomic E-state index is -0.704. The normalized spacial score (nSPS) is 14.9. The van der Waals surface area contributed by atoms with Crippen molar-refractivity contribution in [2.75, 3.05) is 13.2 Å². The van der Waals surface area contributed by atoms with Gasteiger partial charge in [0.05, 0.1) is 40.6 Å². The van der Waals surface area contributed by atoms with Gasteiger partial charge in [0.2, 0.25) is 0 Å². The molecule has 3 heterocycles. The van der Waals surface area contributed by atoms with Crippen molar-refractivity contribution in [1.29, 1.82) is 0 Å². The van der Waals surface area contributed by atoms with Gasteiger partial charge in [-0.1, -0.05) is 35.1 Å². The quantitative estimate of drug-likeness (QED) is 0.276. The number of hydrogen-bond donors (Lipinski definition) is 0. The Bertz CT molecular complexity index is 1900. The highest BCUT2D eigenvalue weighted by Crippen LogP contribution is 2.31. The van der Waals surface area contributed by atoms with Crippen LogP contribution in [0.15, 0.2) is 75.7 Å². The molecule has 2 aromatic heterocycles. The number of allylic oxidation sites excluding steroid dienone is 1. The van der Waals surface area contributed by atoms with Crippen LogP contribution >= 0.6 is 22.9 Å². The molecule has 0 fully saturated rings. The lowest BCUT2D eigenvalue weighted by molar-refractivity contribution is -0.139. The van der Waals surface area contributed by atoms with Gasteiger partial charge in [0.15, 0.2) is 4.80 Å². The molecule has 0 aliphatic carbocycles. The Morgan fingerprint density at radius 2 is 1.62 bits per heavy atom. The summed E-state index contributed by atoms with van der Waals surface area (Å²) < 4.78 is 14.6. The largest absolute Gasteiger partial charge is 0.463 e. The molecule has 1 aliphatic heterocycles. The summed E-state index contributed by atoms with van der Waals surface area (Å²) in [6.45, 7) is 9.76. The molecule has 2 aromatic carbocycles. The SMILES string of the molecule is CCOC(=O)C1=C(C)N=c2s/c(=C/c3cc(C)n(-c4ccc(C(=O)OCC)cc4)c3C)c(=O)n2[C@@H]1c1ccc(Cl)cc1. The molecule has 10 heteroatoms. The number of carbonyl (C=O) groups is 2. The second kappa shape index (κ2) is 12.0. The smallest absolute Gasteiger partial charge is 0.338 e. The van der Waals surface area contributed by atoms with Crippen molar-refractivity contribution in [2.24, 2.45) is 4.99 Å². The van der Waals surface area contributed by atoms with Crippen LogP contribution in [-0.2, 0) is 14.3 Å². The fraction of sp³-hybridized carbons (Fsp3) is 0.250. The van der Waals surface area contributed by atoms with Crippen LogP contribution in [0.3, 0.4) is 0 Å². The Balaban J connectivity index is 1.61. The van der Waals surface area contributed by atoms with Crippen LogP contribution in [0.2, 0.25) is 5.02 Å². The lowest BCUT2D eigenvalue weighted by atomic mass is 9.96. The monoisotopic (exact) mass is 603 g/mol. The number of halogens is 1. The number of carbonyl (C=O) groups excluding carboxylic acids is 2. The Hall–Kier alpha value is -4.21. The van der Waals surface area contributed by atoms with Crippen molar-refractivity contribution >= 4 is 41.0 Å². The Morgan fingerprint density at radius 1 is 0.976 bits per heavy atom. The molecule has 42 heavy (non-hydrogen) atoms. The molecule has 216 valence electrons. The van der Waals surface area contributed by atoms with Crippen LogP contribution in [0, 0.1) is 13.8 Å². The van der Waals surface area contributed by atoms with E-state index < -0.39 is 12.0 Å². The summed E-state index contributed by atoms with van der Waals surface area (Å²) >= 11 is 7.42. The number of ether oxygens (including phenoxy) is 2. The van der Waals surface area contributed by atoms with Crippen molar-refractivity contribution in [2.45, 2.75) is 40.7 Å². The molecule has 0 radical (unpaired) electrons. The van der Waals surface area contributed by atoms with Crippen LogP contribution in [0.4, 0.5) is 0 Å². The van der Waals surface area contributed by atoms with E-state index >= 15 is 0 Å². The maximum absolute atomic E-state index is 14.0. The molecule has 0 N–H and O–H groups in total. The van der Waals surface area contributed by atoms with Gasteiger partial charge in [-0.15, -0.1) is 0 Å². The first-order valence-corrected chi connectivity index (χ1v) is 14.8. The molecular formula is C32H30ClN3O5S. The van der Waals surface area contributed by atoms with Gasteiger partial charge in [0.25, 0.3) is 5.56 Å². The van der Waals surface area contributed by atoms with Gasteiger partial charge >= 0.3 is 11.9 Å². The van der Waals surface area contributed by atoms with Crippen molar-refractivity contribution < 1.29 is 19.1 Å². The van der Waals surface area contributed by atoms with Gasteiger partial charge < -0.3 is 14.0 Å². The summed E-state index contributed by atoms with van der Waals surface area (Å²) in [6, 6.07) is 15.6. The van der Waals surface area contributed by atoms with E-state index in [1.54, 1.807) is 49.6 Å². The number of fused-ring (bicyclic) bond motifs is 1. The fourth-order valence-electron chi connectivity index (χ4n) is 5.19. The second-order valence-electron chi connectivity index (χ2n) is 9.78. The minimum Gasteiger partial charge on any atom is -0.463 e. The van der Waals surface area contributed by atoms with Gasteiger partial charge in [-0.25, -0.2) is 14.6 Å². The van der Waals surface area contributed by atoms with Crippen molar-refractivity contribution in [3.8, 4) is 5.69 Å². The zero-order chi connectivity index (χ0) is 30.1. The van der Waals surface area contributed by atoms with E-state index in [0.29, 0.717) is 37.8 Å². The molecule has 5 rings (SSSR count). The fourth-order valence-corrected chi connectivity index (χ4v) is 6.35. The van der Waals surface area contributed by atoms with Gasteiger partial charge in [0.1, 0.15) is 0 Å². The molecule has 0 saturated carbocycles. The van der Waals surface area contributed by atoms with Crippen LogP contribution in [0.25, 0.3) is 11.8 Å². The number of hydrogen-bond acceptors (Lipinski definition) is 7. The van der Waals surface area contributed by atoms with E-state index in [9.17, 15) is 14.4 Å². The Morgan fingerprint density at radius 3 is 2.26 bits per heavy atom. The van der Waals surface area contributed by atoms with E-state index in [0.717, 1.165) is 28.2 Å². The highest BCUT2D eigenvalue weighted by Gasteiger charge is 2.33. The predicted molar refractivity (Wildman–Crippen MR) is 163 cm³/mol. The summed E-state index contributed by atoms with van der Waals surface area (Å²) in [5.41, 5.74) is 5.44. The predicted octanol–water partition coefficient (Wildman–Crippen LogP) is 5.04. The number of esters is 2. The van der Waals surface area contributed by atoms with E-state index in [1.165, 1.54) is 11.3 Å². The first kappa shape index (κ1) is 29.3. The molecule has 4 aromatic rings. The molecule has 0 unspecified atom stereocenters. The number of nitrogens with zero attached hydrogens (tertiary/aromatic N) is 3. The van der Waals surface area contributed by atoms with Crippen LogP contribution < -0.4 is 14.9 Å². The Labute approximate surface area is 251 Å². The van der Waals surface area contributed by atoms with Gasteiger partial charge in [-0.2, -0.15) is 0 Å². The van der Waals surface area contributed by atoms with Gasteiger partial charge in [-0.05, 0) is 94.3 Å². The number of aryl methyl sites for hydroxylation is 1. The average Bonchev–Trinajstić information content (AvgIpc) is 3.42. The lowest BCUT2D eigenvalue weighted by Gasteiger charge is -2.24. The third-order valence-corrected chi connectivity index (χ3v) is 8.33. The van der Waals surface area contributed by atoms with E-state index in [2.05, 4.69) is 9.56 Å². The number of aromatic nitrogens is 2. The summed E-state index contributed by atoms with van der Waals surface area (Å²) in [4.78, 5) is 44.3. The maximum atomic E-state index is 14.0. The second-order valence-corrected chi connectivity index (χ2v) is 11.2. The van der Waals surface area contributed by atoms with Crippen LogP contribution in [-0.4, -0.2) is 34.3 Å². The molecule has 0 bridgehead atoms. The third kappa shape index (κ3) is 5.37. The number of thiazole rings is 1. The van der Waals surface area contributed by atoms with Crippen LogP contribution in [0.5, 0.6) is 0 Å². The van der Waals surface area contributed by atoms with Crippen molar-refractivity contribution in [3.63, 3.8) is 0 Å². The number of rotatable bonds is 7. The standard InChI is InChI=1S/C32H30ClN3O5S/c1-6-40-30(38)22-10-14-25(15-11-22)35-18(3)16-23(20(35)5)17-26-29(37)36-28(21-8-12-24(33)13-9-21)27(31(39)41-7-2)19(4)34-32(36)42-26/h8-17,28H,6-7H2,1-5H3/b26-17+/t28-/m1/s1. The molecule has 0 spiro atoms. The topological polar surface area (TPSA) is 91.9 Å². The Kier molecular flexibility index (Phi) is 8.34. The third-order valence-electron chi connectivity index (χ3n) is 7.10. The molecular weight excluding hydrogens is 574 g/mol. The molecule has 0 saturated heterocycles. The molecule has 1 atom stereocenters. The zero-order valence-electron chi connectivity index (χ0n) is 23.9. The van der Waals surface area contributed by atoms with Crippen molar-refractivity contribution in [1.82, 2.24) is 9.13 Å². The molecule has 8 nitrogen and oxygen atoms in total. The molecule has 0 amide bonds. The van der Waals surface area contributed by atoms with Gasteiger partial charge in [0, 0.05) is 22.1 Å². The van der Waals surface area contributed by atoms with Gasteiger partial charge in [-0.3, -0.25) is 9.36 Å². The summed E-state index contributed by atoms with van der Waals surface area (Å²) in [5, 5.41) is 0.551.